The van der Waals surface area contributed by atoms with Crippen molar-refractivity contribution in [1.82, 2.24) is 0 Å². The quantitative estimate of drug-likeness (QED) is 0.514. The van der Waals surface area contributed by atoms with Crippen LogP contribution >= 0.6 is 0 Å². The molecule has 0 bridgehead atoms. The molecule has 0 unspecified atom stereocenters. The van der Waals surface area contributed by atoms with Gasteiger partial charge < -0.3 is 4.74 Å². The Morgan fingerprint density at radius 2 is 1.67 bits per heavy atom. The number of ketones is 1. The summed E-state index contributed by atoms with van der Waals surface area (Å²) in [7, 11) is 1.37. The third-order valence-corrected chi connectivity index (χ3v) is 4.08. The first-order chi connectivity index (χ1) is 11.5. The highest BCUT2D eigenvalue weighted by Gasteiger charge is 2.13. The van der Waals surface area contributed by atoms with Gasteiger partial charge in [0.2, 0.25) is 0 Å². The molecular weight excluding hydrogens is 300 g/mol. The van der Waals surface area contributed by atoms with E-state index >= 15 is 0 Å². The highest BCUT2D eigenvalue weighted by Crippen LogP contribution is 2.32. The number of hydrogen-bond donors (Lipinski definition) is 0. The van der Waals surface area contributed by atoms with E-state index in [4.69, 9.17) is 4.74 Å². The van der Waals surface area contributed by atoms with Gasteiger partial charge in [-0.25, -0.2) is 4.79 Å². The van der Waals surface area contributed by atoms with Crippen LogP contribution in [-0.4, -0.2) is 18.9 Å². The maximum absolute atomic E-state index is 11.9. The molecule has 0 N–H and O–H groups in total. The van der Waals surface area contributed by atoms with Gasteiger partial charge in [0, 0.05) is 5.56 Å². The number of methoxy groups -OCH3 is 1. The van der Waals surface area contributed by atoms with Crippen molar-refractivity contribution in [2.45, 2.75) is 13.8 Å². The average Bonchev–Trinajstić information content (AvgIpc) is 2.59. The zero-order valence-electron chi connectivity index (χ0n) is 13.9. The predicted octanol–water partition coefficient (Wildman–Crippen LogP) is 4.80. The molecule has 3 aromatic carbocycles. The molecule has 0 atom stereocenters. The SMILES string of the molecule is COC(=O)c1cc(C)cc(-c2cc(C(C)=O)cc3ccccc23)c1. The Labute approximate surface area is 140 Å². The van der Waals surface area contributed by atoms with Crippen molar-refractivity contribution in [2.24, 2.45) is 0 Å². The van der Waals surface area contributed by atoms with Crippen molar-refractivity contribution in [1.29, 1.82) is 0 Å². The summed E-state index contributed by atoms with van der Waals surface area (Å²) in [6, 6.07) is 17.3. The maximum Gasteiger partial charge on any atom is 0.337 e. The van der Waals surface area contributed by atoms with E-state index in [0.717, 1.165) is 27.5 Å². The zero-order chi connectivity index (χ0) is 17.3. The molecule has 120 valence electrons. The Bertz CT molecular complexity index is 954. The van der Waals surface area contributed by atoms with E-state index in [9.17, 15) is 9.59 Å². The summed E-state index contributed by atoms with van der Waals surface area (Å²) in [5.41, 5.74) is 3.96. The number of carbonyl (C=O) groups is 2. The fourth-order valence-electron chi connectivity index (χ4n) is 2.93. The zero-order valence-corrected chi connectivity index (χ0v) is 13.9. The molecule has 0 fully saturated rings. The third-order valence-electron chi connectivity index (χ3n) is 4.08. The molecule has 0 aliphatic carbocycles. The van der Waals surface area contributed by atoms with E-state index in [1.807, 2.05) is 55.5 Å². The normalized spacial score (nSPS) is 10.6. The lowest BCUT2D eigenvalue weighted by Crippen LogP contribution is -2.02. The molecule has 0 saturated carbocycles. The Hall–Kier alpha value is -2.94. The number of aryl methyl sites for hydroxylation is 1. The molecule has 0 aliphatic heterocycles. The summed E-state index contributed by atoms with van der Waals surface area (Å²) in [6.45, 7) is 3.50. The lowest BCUT2D eigenvalue weighted by molar-refractivity contribution is 0.0600. The summed E-state index contributed by atoms with van der Waals surface area (Å²) in [5.74, 6) is -0.352. The minimum absolute atomic E-state index is 0.0165. The second-order valence-electron chi connectivity index (χ2n) is 5.88. The molecule has 0 aliphatic rings. The molecule has 3 nitrogen and oxygen atoms in total. The summed E-state index contributed by atoms with van der Waals surface area (Å²) in [6.07, 6.45) is 0. The Morgan fingerprint density at radius 1 is 0.917 bits per heavy atom. The Kier molecular flexibility index (Phi) is 4.17. The second kappa shape index (κ2) is 6.28. The van der Waals surface area contributed by atoms with Gasteiger partial charge in [-0.1, -0.05) is 30.3 Å². The first-order valence-corrected chi connectivity index (χ1v) is 7.73. The van der Waals surface area contributed by atoms with Crippen molar-refractivity contribution < 1.29 is 14.3 Å². The van der Waals surface area contributed by atoms with E-state index in [1.54, 1.807) is 13.0 Å². The molecule has 0 amide bonds. The highest BCUT2D eigenvalue weighted by atomic mass is 16.5. The minimum Gasteiger partial charge on any atom is -0.465 e. The Balaban J connectivity index is 2.31. The third kappa shape index (κ3) is 2.93. The van der Waals surface area contributed by atoms with Crippen LogP contribution in [0.4, 0.5) is 0 Å². The fraction of sp³-hybridized carbons (Fsp3) is 0.143. The van der Waals surface area contributed by atoms with Gasteiger partial charge in [-0.05, 0) is 65.6 Å². The van der Waals surface area contributed by atoms with Crippen molar-refractivity contribution in [3.05, 3.63) is 71.3 Å². The number of hydrogen-bond acceptors (Lipinski definition) is 3. The van der Waals surface area contributed by atoms with Crippen LogP contribution in [0.2, 0.25) is 0 Å². The van der Waals surface area contributed by atoms with Crippen LogP contribution < -0.4 is 0 Å². The number of rotatable bonds is 3. The van der Waals surface area contributed by atoms with Gasteiger partial charge in [0.25, 0.3) is 0 Å². The van der Waals surface area contributed by atoms with Crippen molar-refractivity contribution in [3.8, 4) is 11.1 Å². The lowest BCUT2D eigenvalue weighted by atomic mass is 9.92. The lowest BCUT2D eigenvalue weighted by Gasteiger charge is -2.12. The number of ether oxygens (including phenoxy) is 1. The summed E-state index contributed by atoms with van der Waals surface area (Å²) < 4.78 is 4.84. The van der Waals surface area contributed by atoms with Crippen LogP contribution in [0.25, 0.3) is 21.9 Å². The van der Waals surface area contributed by atoms with Crippen molar-refractivity contribution in [2.75, 3.05) is 7.11 Å². The van der Waals surface area contributed by atoms with Crippen molar-refractivity contribution in [3.63, 3.8) is 0 Å². The predicted molar refractivity (Wildman–Crippen MR) is 95.5 cm³/mol. The van der Waals surface area contributed by atoms with Crippen molar-refractivity contribution >= 4 is 22.5 Å². The molecule has 0 aromatic heterocycles. The number of fused-ring (bicyclic) bond motifs is 1. The summed E-state index contributed by atoms with van der Waals surface area (Å²) >= 11 is 0. The monoisotopic (exact) mass is 318 g/mol. The van der Waals surface area contributed by atoms with Gasteiger partial charge >= 0.3 is 5.97 Å². The molecule has 3 heteroatoms. The summed E-state index contributed by atoms with van der Waals surface area (Å²) in [4.78, 5) is 23.8. The largest absolute Gasteiger partial charge is 0.465 e. The number of carbonyl (C=O) groups excluding carboxylic acids is 2. The van der Waals surface area contributed by atoms with E-state index in [2.05, 4.69) is 0 Å². The van der Waals surface area contributed by atoms with Crippen LogP contribution in [0.15, 0.2) is 54.6 Å². The van der Waals surface area contributed by atoms with Gasteiger partial charge in [0.15, 0.2) is 5.78 Å². The highest BCUT2D eigenvalue weighted by molar-refractivity contribution is 6.05. The second-order valence-corrected chi connectivity index (χ2v) is 5.88. The molecule has 3 aromatic rings. The van der Waals surface area contributed by atoms with Crippen LogP contribution in [-0.2, 0) is 4.74 Å². The van der Waals surface area contributed by atoms with E-state index in [0.29, 0.717) is 11.1 Å². The standard InChI is InChI=1S/C21H18O3/c1-13-8-17(11-18(9-13)21(23)24-3)20-12-16(14(2)22)10-15-6-4-5-7-19(15)20/h4-12H,1-3H3. The fourth-order valence-corrected chi connectivity index (χ4v) is 2.93. The number of esters is 1. The molecular formula is C21H18O3. The van der Waals surface area contributed by atoms with Crippen LogP contribution in [0.1, 0.15) is 33.2 Å². The molecule has 0 heterocycles. The van der Waals surface area contributed by atoms with Crippen LogP contribution in [0.5, 0.6) is 0 Å². The maximum atomic E-state index is 11.9. The molecule has 0 spiro atoms. The smallest absolute Gasteiger partial charge is 0.337 e. The number of Topliss-reactive ketones (excluding diaryl/α,β-unsaturated/α-hetero) is 1. The topological polar surface area (TPSA) is 43.4 Å². The average molecular weight is 318 g/mol. The van der Waals surface area contributed by atoms with Gasteiger partial charge in [-0.3, -0.25) is 4.79 Å². The van der Waals surface area contributed by atoms with E-state index in [1.165, 1.54) is 7.11 Å². The number of benzene rings is 3. The molecule has 0 saturated heterocycles. The van der Waals surface area contributed by atoms with Gasteiger partial charge in [-0.2, -0.15) is 0 Å². The van der Waals surface area contributed by atoms with Gasteiger partial charge in [-0.15, -0.1) is 0 Å². The van der Waals surface area contributed by atoms with Crippen LogP contribution in [0, 0.1) is 6.92 Å². The molecule has 0 radical (unpaired) electrons. The van der Waals surface area contributed by atoms with Gasteiger partial charge in [0.1, 0.15) is 0 Å². The van der Waals surface area contributed by atoms with E-state index < -0.39 is 0 Å². The summed E-state index contributed by atoms with van der Waals surface area (Å²) in [5, 5.41) is 2.05. The molecule has 3 rings (SSSR count). The molecule has 24 heavy (non-hydrogen) atoms. The van der Waals surface area contributed by atoms with E-state index in [-0.39, 0.29) is 11.8 Å². The van der Waals surface area contributed by atoms with Crippen LogP contribution in [0.3, 0.4) is 0 Å². The minimum atomic E-state index is -0.369. The first-order valence-electron chi connectivity index (χ1n) is 7.73. The first kappa shape index (κ1) is 15.9. The van der Waals surface area contributed by atoms with Gasteiger partial charge in [0.05, 0.1) is 12.7 Å². The Morgan fingerprint density at radius 3 is 2.38 bits per heavy atom.